The van der Waals surface area contributed by atoms with Crippen LogP contribution < -0.4 is 10.5 Å². The Bertz CT molecular complexity index is 1190. The van der Waals surface area contributed by atoms with Crippen molar-refractivity contribution < 1.29 is 12.8 Å². The van der Waals surface area contributed by atoms with Crippen LogP contribution in [0.3, 0.4) is 0 Å². The van der Waals surface area contributed by atoms with Crippen LogP contribution in [0.5, 0.6) is 0 Å². The third kappa shape index (κ3) is 4.42. The molecule has 0 aliphatic carbocycles. The first-order chi connectivity index (χ1) is 13.9. The van der Waals surface area contributed by atoms with Crippen molar-refractivity contribution >= 4 is 33.2 Å². The van der Waals surface area contributed by atoms with Crippen LogP contribution in [0.2, 0.25) is 0 Å². The number of nitrogens with two attached hydrogens (primary N) is 1. The Hall–Kier alpha value is -2.63. The van der Waals surface area contributed by atoms with Crippen LogP contribution in [0.1, 0.15) is 25.8 Å². The van der Waals surface area contributed by atoms with Crippen LogP contribution in [0, 0.1) is 5.82 Å². The average Bonchev–Trinajstić information content (AvgIpc) is 3.09. The van der Waals surface area contributed by atoms with Crippen molar-refractivity contribution in [2.24, 2.45) is 0 Å². The van der Waals surface area contributed by atoms with E-state index in [2.05, 4.69) is 19.7 Å². The van der Waals surface area contributed by atoms with E-state index in [9.17, 15) is 8.42 Å². The molecule has 2 heterocycles. The van der Waals surface area contributed by atoms with Crippen molar-refractivity contribution in [1.82, 2.24) is 19.3 Å². The van der Waals surface area contributed by atoms with Crippen LogP contribution in [-0.4, -0.2) is 41.8 Å². The van der Waals surface area contributed by atoms with Crippen molar-refractivity contribution in [3.05, 3.63) is 41.3 Å². The molecule has 0 fully saturated rings. The number of thiazole rings is 1. The van der Waals surface area contributed by atoms with Crippen LogP contribution in [0.4, 0.5) is 16.0 Å². The van der Waals surface area contributed by atoms with Gasteiger partial charge in [0.2, 0.25) is 5.95 Å². The molecule has 8 nitrogen and oxygen atoms in total. The molecule has 1 aromatic carbocycles. The molecule has 2 aromatic heterocycles. The lowest BCUT2D eigenvalue weighted by molar-refractivity contribution is 0.526. The van der Waals surface area contributed by atoms with Crippen LogP contribution >= 0.6 is 11.3 Å². The SMILES string of the molecule is CN(C)S(=O)(=O)Nc1cccc(-c2nc(C(C)(C)C)sc2-c2ccnc(N)n2)c1F. The summed E-state index contributed by atoms with van der Waals surface area (Å²) in [6.07, 6.45) is 1.52. The summed E-state index contributed by atoms with van der Waals surface area (Å²) < 4.78 is 42.9. The Morgan fingerprint density at radius 2 is 1.87 bits per heavy atom. The molecule has 3 aromatic rings. The van der Waals surface area contributed by atoms with Crippen molar-refractivity contribution in [3.8, 4) is 21.8 Å². The van der Waals surface area contributed by atoms with Gasteiger partial charge in [-0.15, -0.1) is 11.3 Å². The molecule has 0 aliphatic heterocycles. The molecule has 3 rings (SSSR count). The van der Waals surface area contributed by atoms with Gasteiger partial charge >= 0.3 is 10.2 Å². The zero-order chi connectivity index (χ0) is 22.3. The van der Waals surface area contributed by atoms with E-state index in [-0.39, 0.29) is 22.6 Å². The van der Waals surface area contributed by atoms with E-state index in [1.54, 1.807) is 18.2 Å². The van der Waals surface area contributed by atoms with Crippen molar-refractivity contribution in [2.75, 3.05) is 24.6 Å². The molecule has 0 unspecified atom stereocenters. The summed E-state index contributed by atoms with van der Waals surface area (Å²) in [4.78, 5) is 13.5. The topological polar surface area (TPSA) is 114 Å². The number of hydrogen-bond donors (Lipinski definition) is 2. The highest BCUT2D eigenvalue weighted by Crippen LogP contribution is 2.41. The van der Waals surface area contributed by atoms with Crippen molar-refractivity contribution in [1.29, 1.82) is 0 Å². The Kier molecular flexibility index (Phi) is 5.81. The second-order valence-corrected chi connectivity index (χ2v) is 10.7. The minimum Gasteiger partial charge on any atom is -0.368 e. The fourth-order valence-electron chi connectivity index (χ4n) is 2.52. The van der Waals surface area contributed by atoms with Crippen LogP contribution in [-0.2, 0) is 15.6 Å². The number of nitrogen functional groups attached to an aromatic ring is 1. The van der Waals surface area contributed by atoms with Gasteiger partial charge in [-0.25, -0.2) is 19.3 Å². The van der Waals surface area contributed by atoms with Gasteiger partial charge in [-0.1, -0.05) is 26.8 Å². The number of hydrogen-bond acceptors (Lipinski definition) is 7. The quantitative estimate of drug-likeness (QED) is 0.615. The van der Waals surface area contributed by atoms with Crippen molar-refractivity contribution in [3.63, 3.8) is 0 Å². The molecule has 0 saturated heterocycles. The van der Waals surface area contributed by atoms with E-state index in [1.807, 2.05) is 20.8 Å². The lowest BCUT2D eigenvalue weighted by atomic mass is 9.98. The van der Waals surface area contributed by atoms with Crippen LogP contribution in [0.15, 0.2) is 30.5 Å². The molecule has 0 bridgehead atoms. The third-order valence-corrected chi connectivity index (χ3v) is 7.09. The van der Waals surface area contributed by atoms with Crippen LogP contribution in [0.25, 0.3) is 21.8 Å². The van der Waals surface area contributed by atoms with Gasteiger partial charge in [0.15, 0.2) is 5.82 Å². The molecule has 0 aliphatic rings. The highest BCUT2D eigenvalue weighted by atomic mass is 32.2. The first-order valence-electron chi connectivity index (χ1n) is 8.99. The molecular weight excluding hydrogens is 427 g/mol. The molecule has 160 valence electrons. The number of nitrogens with zero attached hydrogens (tertiary/aromatic N) is 4. The van der Waals surface area contributed by atoms with Crippen molar-refractivity contribution in [2.45, 2.75) is 26.2 Å². The number of nitrogens with one attached hydrogen (secondary N) is 1. The lowest BCUT2D eigenvalue weighted by Gasteiger charge is -2.15. The zero-order valence-corrected chi connectivity index (χ0v) is 18.9. The van der Waals surface area contributed by atoms with Gasteiger partial charge in [0.05, 0.1) is 27.0 Å². The smallest absolute Gasteiger partial charge is 0.301 e. The Labute approximate surface area is 179 Å². The van der Waals surface area contributed by atoms with Gasteiger partial charge in [-0.2, -0.15) is 12.7 Å². The second kappa shape index (κ2) is 7.89. The predicted molar refractivity (Wildman–Crippen MR) is 118 cm³/mol. The average molecular weight is 451 g/mol. The minimum absolute atomic E-state index is 0.0946. The Morgan fingerprint density at radius 1 is 1.17 bits per heavy atom. The third-order valence-electron chi connectivity index (χ3n) is 4.15. The summed E-state index contributed by atoms with van der Waals surface area (Å²) in [7, 11) is -1.15. The van der Waals surface area contributed by atoms with E-state index in [1.165, 1.54) is 37.7 Å². The molecular formula is C19H23FN6O2S2. The van der Waals surface area contributed by atoms with E-state index < -0.39 is 16.0 Å². The molecule has 3 N–H and O–H groups in total. The summed E-state index contributed by atoms with van der Waals surface area (Å²) in [6, 6.07) is 6.16. The molecule has 11 heteroatoms. The van der Waals surface area contributed by atoms with E-state index in [4.69, 9.17) is 5.73 Å². The monoisotopic (exact) mass is 450 g/mol. The molecule has 0 saturated carbocycles. The largest absolute Gasteiger partial charge is 0.368 e. The van der Waals surface area contributed by atoms with E-state index in [0.717, 1.165) is 9.31 Å². The predicted octanol–water partition coefficient (Wildman–Crippen LogP) is 3.50. The molecule has 0 radical (unpaired) electrons. The normalized spacial score (nSPS) is 12.4. The number of halogens is 1. The van der Waals surface area contributed by atoms with Gasteiger partial charge in [0.1, 0.15) is 0 Å². The fourth-order valence-corrected chi connectivity index (χ4v) is 4.25. The number of aromatic nitrogens is 3. The Balaban J connectivity index is 2.21. The maximum Gasteiger partial charge on any atom is 0.301 e. The van der Waals surface area contributed by atoms with Gasteiger partial charge in [-0.05, 0) is 18.2 Å². The molecule has 30 heavy (non-hydrogen) atoms. The molecule has 0 spiro atoms. The number of rotatable bonds is 5. The first-order valence-corrected chi connectivity index (χ1v) is 11.2. The first kappa shape index (κ1) is 22.1. The van der Waals surface area contributed by atoms with E-state index in [0.29, 0.717) is 16.3 Å². The lowest BCUT2D eigenvalue weighted by Crippen LogP contribution is -2.29. The summed E-state index contributed by atoms with van der Waals surface area (Å²) in [5.74, 6) is -0.630. The highest BCUT2D eigenvalue weighted by molar-refractivity contribution is 7.90. The number of anilines is 2. The molecule has 0 atom stereocenters. The van der Waals surface area contributed by atoms with Gasteiger partial charge in [-0.3, -0.25) is 4.72 Å². The van der Waals surface area contributed by atoms with E-state index >= 15 is 4.39 Å². The zero-order valence-electron chi connectivity index (χ0n) is 17.3. The minimum atomic E-state index is -3.87. The maximum atomic E-state index is 15.4. The molecule has 0 amide bonds. The summed E-state index contributed by atoms with van der Waals surface area (Å²) in [6.45, 7) is 6.02. The second-order valence-electron chi connectivity index (χ2n) is 7.80. The summed E-state index contributed by atoms with van der Waals surface area (Å²) in [5, 5.41) is 0.781. The highest BCUT2D eigenvalue weighted by Gasteiger charge is 2.26. The summed E-state index contributed by atoms with van der Waals surface area (Å²) in [5.41, 5.74) is 6.33. The Morgan fingerprint density at radius 3 is 2.47 bits per heavy atom. The van der Waals surface area contributed by atoms with Gasteiger partial charge < -0.3 is 5.73 Å². The maximum absolute atomic E-state index is 15.4. The van der Waals surface area contributed by atoms with Gasteiger partial charge in [0.25, 0.3) is 0 Å². The summed E-state index contributed by atoms with van der Waals surface area (Å²) >= 11 is 1.39. The number of benzene rings is 1. The standard InChI is InChI=1S/C19H23FN6O2S2/c1-19(2,3)17-24-15(16(29-17)13-9-10-22-18(21)23-13)11-7-6-8-12(14(11)20)25-30(27,28)26(4)5/h6-10,25H,1-5H3,(H2,21,22,23). The van der Waals surface area contributed by atoms with Gasteiger partial charge in [0, 0.05) is 31.3 Å². The fraction of sp³-hybridized carbons (Fsp3) is 0.316.